The van der Waals surface area contributed by atoms with Crippen LogP contribution in [0.4, 0.5) is 0 Å². The van der Waals surface area contributed by atoms with Crippen LogP contribution in [-0.4, -0.2) is 21.2 Å². The van der Waals surface area contributed by atoms with Gasteiger partial charge in [-0.1, -0.05) is 12.1 Å². The van der Waals surface area contributed by atoms with E-state index < -0.39 is 5.97 Å². The van der Waals surface area contributed by atoms with E-state index in [1.807, 2.05) is 0 Å². The first-order valence-electron chi connectivity index (χ1n) is 4.46. The summed E-state index contributed by atoms with van der Waals surface area (Å²) in [6.07, 6.45) is -0.182. The molecule has 0 unspecified atom stereocenters. The number of fused-ring (bicyclic) bond motifs is 1. The van der Waals surface area contributed by atoms with Gasteiger partial charge in [0.25, 0.3) is 0 Å². The van der Waals surface area contributed by atoms with Gasteiger partial charge in [-0.15, -0.1) is 0 Å². The van der Waals surface area contributed by atoms with E-state index in [1.165, 1.54) is 6.07 Å². The Labute approximate surface area is 85.8 Å². The predicted molar refractivity (Wildman–Crippen MR) is 54.7 cm³/mol. The Morgan fingerprint density at radius 3 is 2.80 bits per heavy atom. The molecule has 15 heavy (non-hydrogen) atoms. The van der Waals surface area contributed by atoms with E-state index in [-0.39, 0.29) is 12.2 Å². The van der Waals surface area contributed by atoms with Crippen molar-refractivity contribution in [2.24, 2.45) is 0 Å². The molecule has 1 aromatic heterocycles. The maximum absolute atomic E-state index is 10.5. The first-order chi connectivity index (χ1) is 7.16. The number of carbonyl (C=O) groups is 1. The lowest BCUT2D eigenvalue weighted by Gasteiger charge is -2.03. The highest BCUT2D eigenvalue weighted by atomic mass is 16.4. The van der Waals surface area contributed by atoms with E-state index in [2.05, 4.69) is 4.98 Å². The van der Waals surface area contributed by atoms with Crippen LogP contribution in [0, 0.1) is 0 Å². The number of aromatic nitrogens is 1. The summed E-state index contributed by atoms with van der Waals surface area (Å²) in [5.41, 5.74) is 0.965. The fraction of sp³-hybridized carbons (Fsp3) is 0.0909. The summed E-state index contributed by atoms with van der Waals surface area (Å²) in [6.45, 7) is 0. The second-order valence-corrected chi connectivity index (χ2v) is 3.22. The van der Waals surface area contributed by atoms with Gasteiger partial charge in [0.2, 0.25) is 0 Å². The quantitative estimate of drug-likeness (QED) is 0.777. The lowest BCUT2D eigenvalue weighted by Crippen LogP contribution is -2.02. The normalized spacial score (nSPS) is 10.4. The number of rotatable bonds is 2. The van der Waals surface area contributed by atoms with Crippen LogP contribution in [0.5, 0.6) is 5.75 Å². The standard InChI is InChI=1S/C11H9NO3/c13-10-5-7(6-11(14)15)12-9-4-2-1-3-8(9)10/h1-5H,6H2,(H,12,13)(H,14,15). The molecule has 0 spiro atoms. The summed E-state index contributed by atoms with van der Waals surface area (Å²) < 4.78 is 0. The van der Waals surface area contributed by atoms with Crippen LogP contribution < -0.4 is 0 Å². The fourth-order valence-corrected chi connectivity index (χ4v) is 1.46. The molecule has 1 aromatic carbocycles. The van der Waals surface area contributed by atoms with Crippen molar-refractivity contribution in [2.45, 2.75) is 6.42 Å². The van der Waals surface area contributed by atoms with E-state index in [4.69, 9.17) is 5.11 Å². The van der Waals surface area contributed by atoms with Gasteiger partial charge in [0, 0.05) is 11.5 Å². The summed E-state index contributed by atoms with van der Waals surface area (Å²) >= 11 is 0. The molecule has 0 aliphatic rings. The van der Waals surface area contributed by atoms with Crippen molar-refractivity contribution >= 4 is 16.9 Å². The summed E-state index contributed by atoms with van der Waals surface area (Å²) in [5.74, 6) is -0.894. The van der Waals surface area contributed by atoms with Crippen LogP contribution in [0.3, 0.4) is 0 Å². The van der Waals surface area contributed by atoms with E-state index in [0.717, 1.165) is 0 Å². The van der Waals surface area contributed by atoms with Crippen molar-refractivity contribution < 1.29 is 15.0 Å². The summed E-state index contributed by atoms with van der Waals surface area (Å²) in [7, 11) is 0. The smallest absolute Gasteiger partial charge is 0.309 e. The molecule has 0 fully saturated rings. The van der Waals surface area contributed by atoms with Crippen LogP contribution in [0.25, 0.3) is 10.9 Å². The van der Waals surface area contributed by atoms with E-state index in [1.54, 1.807) is 24.3 Å². The molecular formula is C11H9NO3. The molecule has 0 aliphatic carbocycles. The molecule has 0 saturated carbocycles. The summed E-state index contributed by atoms with van der Waals surface area (Å²) in [5, 5.41) is 18.9. The highest BCUT2D eigenvalue weighted by Gasteiger charge is 2.06. The van der Waals surface area contributed by atoms with Gasteiger partial charge in [-0.25, -0.2) is 0 Å². The number of hydrogen-bond acceptors (Lipinski definition) is 3. The minimum atomic E-state index is -0.961. The van der Waals surface area contributed by atoms with Crippen molar-refractivity contribution in [2.75, 3.05) is 0 Å². The molecule has 2 rings (SSSR count). The van der Waals surface area contributed by atoms with Crippen LogP contribution in [0.15, 0.2) is 30.3 Å². The molecule has 2 N–H and O–H groups in total. The molecule has 4 nitrogen and oxygen atoms in total. The Bertz CT molecular complexity index is 522. The molecule has 1 heterocycles. The molecule has 4 heteroatoms. The minimum absolute atomic E-state index is 0.0665. The Hall–Kier alpha value is -2.10. The summed E-state index contributed by atoms with van der Waals surface area (Å²) in [6, 6.07) is 8.44. The topological polar surface area (TPSA) is 70.4 Å². The second kappa shape index (κ2) is 3.57. The second-order valence-electron chi connectivity index (χ2n) is 3.22. The number of benzene rings is 1. The molecule has 0 aliphatic heterocycles. The van der Waals surface area contributed by atoms with Gasteiger partial charge in [0.05, 0.1) is 17.6 Å². The monoisotopic (exact) mass is 203 g/mol. The molecule has 0 saturated heterocycles. The van der Waals surface area contributed by atoms with Gasteiger partial charge < -0.3 is 10.2 Å². The Morgan fingerprint density at radius 2 is 2.07 bits per heavy atom. The number of para-hydroxylation sites is 1. The Balaban J connectivity index is 2.57. The predicted octanol–water partition coefficient (Wildman–Crippen LogP) is 1.57. The third-order valence-electron chi connectivity index (χ3n) is 2.08. The highest BCUT2D eigenvalue weighted by molar-refractivity contribution is 5.85. The van der Waals surface area contributed by atoms with Gasteiger partial charge in [-0.2, -0.15) is 0 Å². The maximum atomic E-state index is 10.5. The SMILES string of the molecule is O=C(O)Cc1cc(O)c2ccccc2n1. The van der Waals surface area contributed by atoms with E-state index in [0.29, 0.717) is 16.6 Å². The number of carboxylic acids is 1. The molecule has 2 aromatic rings. The zero-order valence-electron chi connectivity index (χ0n) is 7.84. The molecule has 76 valence electrons. The van der Waals surface area contributed by atoms with Gasteiger partial charge in [0.15, 0.2) is 0 Å². The number of carboxylic acid groups (broad SMARTS) is 1. The van der Waals surface area contributed by atoms with Crippen LogP contribution in [0.1, 0.15) is 5.69 Å². The van der Waals surface area contributed by atoms with Gasteiger partial charge in [-0.05, 0) is 12.1 Å². The first kappa shape index (κ1) is 9.45. The minimum Gasteiger partial charge on any atom is -0.507 e. The zero-order valence-corrected chi connectivity index (χ0v) is 7.84. The molecule has 0 atom stereocenters. The Kier molecular flexibility index (Phi) is 2.25. The maximum Gasteiger partial charge on any atom is 0.309 e. The number of pyridine rings is 1. The van der Waals surface area contributed by atoms with Crippen molar-refractivity contribution in [1.82, 2.24) is 4.98 Å². The fourth-order valence-electron chi connectivity index (χ4n) is 1.46. The van der Waals surface area contributed by atoms with Gasteiger partial charge in [0.1, 0.15) is 5.75 Å². The average molecular weight is 203 g/mol. The highest BCUT2D eigenvalue weighted by Crippen LogP contribution is 2.23. The number of hydrogen-bond donors (Lipinski definition) is 2. The molecular weight excluding hydrogens is 194 g/mol. The van der Waals surface area contributed by atoms with Crippen molar-refractivity contribution in [1.29, 1.82) is 0 Å². The third kappa shape index (κ3) is 1.88. The lowest BCUT2D eigenvalue weighted by molar-refractivity contribution is -0.136. The molecule has 0 amide bonds. The van der Waals surface area contributed by atoms with Gasteiger partial charge >= 0.3 is 5.97 Å². The van der Waals surface area contributed by atoms with Crippen molar-refractivity contribution in [3.8, 4) is 5.75 Å². The Morgan fingerprint density at radius 1 is 1.33 bits per heavy atom. The van der Waals surface area contributed by atoms with Crippen LogP contribution in [-0.2, 0) is 11.2 Å². The van der Waals surface area contributed by atoms with E-state index >= 15 is 0 Å². The largest absolute Gasteiger partial charge is 0.507 e. The summed E-state index contributed by atoms with van der Waals surface area (Å²) in [4.78, 5) is 14.6. The van der Waals surface area contributed by atoms with Crippen LogP contribution >= 0.6 is 0 Å². The first-order valence-corrected chi connectivity index (χ1v) is 4.46. The number of nitrogens with zero attached hydrogens (tertiary/aromatic N) is 1. The van der Waals surface area contributed by atoms with Crippen LogP contribution in [0.2, 0.25) is 0 Å². The van der Waals surface area contributed by atoms with Crippen molar-refractivity contribution in [3.63, 3.8) is 0 Å². The van der Waals surface area contributed by atoms with Gasteiger partial charge in [-0.3, -0.25) is 9.78 Å². The van der Waals surface area contributed by atoms with E-state index in [9.17, 15) is 9.90 Å². The van der Waals surface area contributed by atoms with Crippen molar-refractivity contribution in [3.05, 3.63) is 36.0 Å². The zero-order chi connectivity index (χ0) is 10.8. The number of aliphatic carboxylic acids is 1. The lowest BCUT2D eigenvalue weighted by atomic mass is 10.1. The number of aromatic hydroxyl groups is 1. The third-order valence-corrected chi connectivity index (χ3v) is 2.08. The molecule has 0 radical (unpaired) electrons. The molecule has 0 bridgehead atoms. The average Bonchev–Trinajstić information content (AvgIpc) is 2.16.